The zero-order valence-corrected chi connectivity index (χ0v) is 14.4. The molecule has 0 spiro atoms. The molecule has 0 atom stereocenters. The van der Waals surface area contributed by atoms with Gasteiger partial charge in [0.2, 0.25) is 0 Å². The summed E-state index contributed by atoms with van der Waals surface area (Å²) in [7, 11) is 0. The van der Waals surface area contributed by atoms with Gasteiger partial charge >= 0.3 is 0 Å². The van der Waals surface area contributed by atoms with E-state index in [9.17, 15) is 14.9 Å². The Kier molecular flexibility index (Phi) is 5.41. The minimum absolute atomic E-state index is 0.0304. The van der Waals surface area contributed by atoms with Crippen LogP contribution in [0.1, 0.15) is 15.9 Å². The van der Waals surface area contributed by atoms with Gasteiger partial charge in [0.05, 0.1) is 4.92 Å². The predicted molar refractivity (Wildman–Crippen MR) is 95.7 cm³/mol. The molecule has 0 saturated heterocycles. The lowest BCUT2D eigenvalue weighted by Gasteiger charge is -2.10. The number of carbonyl (C=O) groups excluding carboxylic acids is 1. The van der Waals surface area contributed by atoms with E-state index in [-0.39, 0.29) is 10.8 Å². The van der Waals surface area contributed by atoms with Crippen LogP contribution >= 0.6 is 28.1 Å². The van der Waals surface area contributed by atoms with E-state index in [1.807, 2.05) is 12.1 Å². The summed E-state index contributed by atoms with van der Waals surface area (Å²) in [6.07, 6.45) is 0. The van der Waals surface area contributed by atoms with E-state index in [1.165, 1.54) is 18.2 Å². The molecular weight excluding hydrogens is 382 g/mol. The number of hydrogen-bond acceptors (Lipinski definition) is 4. The van der Waals surface area contributed by atoms with Crippen molar-refractivity contribution in [2.45, 2.75) is 6.92 Å². The van der Waals surface area contributed by atoms with Crippen LogP contribution in [0.15, 0.2) is 46.9 Å². The second-order valence-electron chi connectivity index (χ2n) is 4.67. The Hall–Kier alpha value is -2.32. The van der Waals surface area contributed by atoms with Crippen molar-refractivity contribution >= 4 is 50.5 Å². The highest BCUT2D eigenvalue weighted by Crippen LogP contribution is 2.19. The summed E-state index contributed by atoms with van der Waals surface area (Å²) in [5.74, 6) is -0.433. The van der Waals surface area contributed by atoms with Gasteiger partial charge in [-0.25, -0.2) is 0 Å². The number of nitro groups is 1. The third kappa shape index (κ3) is 4.57. The van der Waals surface area contributed by atoms with E-state index in [2.05, 4.69) is 26.6 Å². The van der Waals surface area contributed by atoms with Crippen molar-refractivity contribution in [2.24, 2.45) is 0 Å². The summed E-state index contributed by atoms with van der Waals surface area (Å²) in [5, 5.41) is 16.3. The first kappa shape index (κ1) is 17.0. The number of halogens is 1. The molecule has 23 heavy (non-hydrogen) atoms. The number of nitrogens with one attached hydrogen (secondary N) is 2. The monoisotopic (exact) mass is 393 g/mol. The van der Waals surface area contributed by atoms with Crippen LogP contribution in [-0.4, -0.2) is 15.9 Å². The van der Waals surface area contributed by atoms with E-state index < -0.39 is 10.8 Å². The summed E-state index contributed by atoms with van der Waals surface area (Å²) < 4.78 is 0.930. The number of hydrogen-bond donors (Lipinski definition) is 2. The fourth-order valence-corrected chi connectivity index (χ4v) is 2.35. The Morgan fingerprint density at radius 2 is 1.87 bits per heavy atom. The lowest BCUT2D eigenvalue weighted by molar-refractivity contribution is -0.385. The highest BCUT2D eigenvalue weighted by Gasteiger charge is 2.14. The third-order valence-corrected chi connectivity index (χ3v) is 3.72. The molecule has 2 aromatic carbocycles. The van der Waals surface area contributed by atoms with E-state index in [1.54, 1.807) is 19.1 Å². The number of amides is 1. The van der Waals surface area contributed by atoms with Gasteiger partial charge < -0.3 is 5.32 Å². The highest BCUT2D eigenvalue weighted by molar-refractivity contribution is 9.10. The fraction of sp³-hybridized carbons (Fsp3) is 0.0667. The van der Waals surface area contributed by atoms with Crippen LogP contribution in [0.25, 0.3) is 0 Å². The SMILES string of the molecule is Cc1cc(C(=O)NC(=S)Nc2ccc(Br)cc2)ccc1[N+](=O)[O-]. The summed E-state index contributed by atoms with van der Waals surface area (Å²) in [5.41, 5.74) is 1.41. The van der Waals surface area contributed by atoms with Gasteiger partial charge in [-0.05, 0) is 55.5 Å². The van der Waals surface area contributed by atoms with Crippen LogP contribution in [0.3, 0.4) is 0 Å². The number of thiocarbonyl (C=S) groups is 1. The Labute approximate surface area is 146 Å². The highest BCUT2D eigenvalue weighted by atomic mass is 79.9. The molecule has 2 aromatic rings. The molecule has 6 nitrogen and oxygen atoms in total. The van der Waals surface area contributed by atoms with Gasteiger partial charge in [0.1, 0.15) is 0 Å². The molecule has 2 N–H and O–H groups in total. The average molecular weight is 394 g/mol. The van der Waals surface area contributed by atoms with E-state index >= 15 is 0 Å². The molecule has 8 heteroatoms. The van der Waals surface area contributed by atoms with Crippen molar-refractivity contribution in [2.75, 3.05) is 5.32 Å². The quantitative estimate of drug-likeness (QED) is 0.470. The second kappa shape index (κ2) is 7.30. The zero-order chi connectivity index (χ0) is 17.0. The van der Waals surface area contributed by atoms with Crippen molar-refractivity contribution in [1.82, 2.24) is 5.32 Å². The number of rotatable bonds is 3. The number of aryl methyl sites for hydroxylation is 1. The van der Waals surface area contributed by atoms with Crippen LogP contribution < -0.4 is 10.6 Å². The van der Waals surface area contributed by atoms with E-state index in [4.69, 9.17) is 12.2 Å². The molecule has 0 radical (unpaired) electrons. The number of benzene rings is 2. The van der Waals surface area contributed by atoms with Gasteiger partial charge in [0, 0.05) is 27.4 Å². The van der Waals surface area contributed by atoms with E-state index in [0.29, 0.717) is 11.1 Å². The van der Waals surface area contributed by atoms with Crippen LogP contribution in [0.2, 0.25) is 0 Å². The maximum Gasteiger partial charge on any atom is 0.272 e. The van der Waals surface area contributed by atoms with Gasteiger partial charge in [-0.1, -0.05) is 15.9 Å². The van der Waals surface area contributed by atoms with Crippen LogP contribution in [0, 0.1) is 17.0 Å². The first-order valence-corrected chi connectivity index (χ1v) is 7.70. The second-order valence-corrected chi connectivity index (χ2v) is 6.00. The lowest BCUT2D eigenvalue weighted by atomic mass is 10.1. The standard InChI is InChI=1S/C15H12BrN3O3S/c1-9-8-10(2-7-13(9)19(21)22)14(20)18-15(23)17-12-5-3-11(16)4-6-12/h2-8H,1H3,(H2,17,18,20,23). The Morgan fingerprint density at radius 1 is 1.22 bits per heavy atom. The smallest absolute Gasteiger partial charge is 0.272 e. The van der Waals surface area contributed by atoms with Gasteiger partial charge in [-0.3, -0.25) is 20.2 Å². The van der Waals surface area contributed by atoms with Crippen LogP contribution in [0.4, 0.5) is 11.4 Å². The van der Waals surface area contributed by atoms with Crippen molar-refractivity contribution in [3.8, 4) is 0 Å². The molecule has 0 aliphatic carbocycles. The Bertz CT molecular complexity index is 778. The van der Waals surface area contributed by atoms with Gasteiger partial charge in [-0.15, -0.1) is 0 Å². The normalized spacial score (nSPS) is 10.0. The van der Waals surface area contributed by atoms with E-state index in [0.717, 1.165) is 10.2 Å². The van der Waals surface area contributed by atoms with Crippen LogP contribution in [0.5, 0.6) is 0 Å². The molecule has 0 unspecified atom stereocenters. The van der Waals surface area contributed by atoms with Crippen molar-refractivity contribution in [3.63, 3.8) is 0 Å². The molecule has 1 amide bonds. The number of carbonyl (C=O) groups is 1. The number of nitro benzene ring substituents is 1. The molecule has 118 valence electrons. The predicted octanol–water partition coefficient (Wildman–Crippen LogP) is 3.79. The molecule has 0 heterocycles. The van der Waals surface area contributed by atoms with Gasteiger partial charge in [-0.2, -0.15) is 0 Å². The maximum atomic E-state index is 12.1. The first-order valence-electron chi connectivity index (χ1n) is 6.50. The molecular formula is C15H12BrN3O3S. The van der Waals surface area contributed by atoms with Gasteiger partial charge in [0.25, 0.3) is 11.6 Å². The Morgan fingerprint density at radius 3 is 2.43 bits per heavy atom. The maximum absolute atomic E-state index is 12.1. The molecule has 0 aliphatic heterocycles. The molecule has 0 aromatic heterocycles. The Balaban J connectivity index is 2.03. The molecule has 0 saturated carbocycles. The minimum atomic E-state index is -0.489. The lowest BCUT2D eigenvalue weighted by Crippen LogP contribution is -2.34. The topological polar surface area (TPSA) is 84.3 Å². The fourth-order valence-electron chi connectivity index (χ4n) is 1.87. The summed E-state index contributed by atoms with van der Waals surface area (Å²) >= 11 is 8.41. The minimum Gasteiger partial charge on any atom is -0.332 e. The van der Waals surface area contributed by atoms with Crippen molar-refractivity contribution in [3.05, 3.63) is 68.2 Å². The van der Waals surface area contributed by atoms with Crippen molar-refractivity contribution in [1.29, 1.82) is 0 Å². The molecule has 0 bridgehead atoms. The number of nitrogens with zero attached hydrogens (tertiary/aromatic N) is 1. The summed E-state index contributed by atoms with van der Waals surface area (Å²) in [4.78, 5) is 22.4. The average Bonchev–Trinajstić information content (AvgIpc) is 2.49. The molecule has 2 rings (SSSR count). The summed E-state index contributed by atoms with van der Waals surface area (Å²) in [6.45, 7) is 1.58. The number of anilines is 1. The largest absolute Gasteiger partial charge is 0.332 e. The zero-order valence-electron chi connectivity index (χ0n) is 12.0. The van der Waals surface area contributed by atoms with Gasteiger partial charge in [0.15, 0.2) is 5.11 Å². The van der Waals surface area contributed by atoms with Crippen LogP contribution in [-0.2, 0) is 0 Å². The third-order valence-electron chi connectivity index (χ3n) is 2.98. The molecule has 0 aliphatic rings. The molecule has 0 fully saturated rings. The first-order chi connectivity index (χ1) is 10.9. The summed E-state index contributed by atoms with van der Waals surface area (Å²) in [6, 6.07) is 11.4. The van der Waals surface area contributed by atoms with Crippen molar-refractivity contribution < 1.29 is 9.72 Å².